The minimum absolute atomic E-state index is 0.133. The number of benzene rings is 2. The van der Waals surface area contributed by atoms with Crippen LogP contribution in [0.25, 0.3) is 0 Å². The third-order valence-corrected chi connectivity index (χ3v) is 6.41. The number of hydrogen-bond donors (Lipinski definition) is 0. The highest BCUT2D eigenvalue weighted by atomic mass is 35.5. The largest absolute Gasteiger partial charge is 0.619 e. The van der Waals surface area contributed by atoms with Gasteiger partial charge >= 0.3 is 5.97 Å². The predicted molar refractivity (Wildman–Crippen MR) is 133 cm³/mol. The molecule has 0 saturated carbocycles. The predicted octanol–water partition coefficient (Wildman–Crippen LogP) is 4.70. The summed E-state index contributed by atoms with van der Waals surface area (Å²) in [4.78, 5) is 13.1. The van der Waals surface area contributed by atoms with Gasteiger partial charge in [-0.3, -0.25) is 0 Å². The first-order valence-corrected chi connectivity index (χ1v) is 11.9. The number of hydrogen-bond acceptors (Lipinski definition) is 7. The molecule has 0 spiro atoms. The van der Waals surface area contributed by atoms with E-state index in [2.05, 4.69) is 0 Å². The van der Waals surface area contributed by atoms with Crippen LogP contribution in [0.15, 0.2) is 54.9 Å². The number of nitrogens with zero attached hydrogens (tertiary/aromatic N) is 1. The van der Waals surface area contributed by atoms with Gasteiger partial charge in [-0.25, -0.2) is 4.79 Å². The average Bonchev–Trinajstić information content (AvgIpc) is 3.38. The molecule has 1 fully saturated rings. The SMILES string of the molecule is COc1ccc(C(Cc2c(Cl)c[n+]([O-])cc2Cl)OC(=O)c2ccc(CC3OCCO3)cc2)cc1OC. The average molecular weight is 534 g/mol. The first kappa shape index (κ1) is 26.0. The van der Waals surface area contributed by atoms with Gasteiger partial charge in [0, 0.05) is 18.4 Å². The van der Waals surface area contributed by atoms with Gasteiger partial charge in [0.15, 0.2) is 30.2 Å². The Kier molecular flexibility index (Phi) is 8.53. The molecule has 1 atom stereocenters. The number of carbonyl (C=O) groups is 1. The Labute approximate surface area is 218 Å². The third-order valence-electron chi connectivity index (χ3n) is 5.76. The summed E-state index contributed by atoms with van der Waals surface area (Å²) in [5.74, 6) is 0.469. The third kappa shape index (κ3) is 6.20. The van der Waals surface area contributed by atoms with Crippen LogP contribution < -0.4 is 14.2 Å². The summed E-state index contributed by atoms with van der Waals surface area (Å²) in [6.45, 7) is 1.16. The van der Waals surface area contributed by atoms with Gasteiger partial charge in [-0.2, -0.15) is 4.73 Å². The van der Waals surface area contributed by atoms with E-state index >= 15 is 0 Å². The Hall–Kier alpha value is -3.04. The molecule has 190 valence electrons. The van der Waals surface area contributed by atoms with Crippen molar-refractivity contribution in [3.63, 3.8) is 0 Å². The number of aromatic nitrogens is 1. The molecule has 0 amide bonds. The van der Waals surface area contributed by atoms with Crippen LogP contribution in [0.2, 0.25) is 10.0 Å². The Morgan fingerprint density at radius 1 is 1.03 bits per heavy atom. The summed E-state index contributed by atoms with van der Waals surface area (Å²) >= 11 is 12.6. The molecule has 0 N–H and O–H groups in total. The first-order valence-electron chi connectivity index (χ1n) is 11.2. The molecular formula is C26H25Cl2NO7. The monoisotopic (exact) mass is 533 g/mol. The molecular weight excluding hydrogens is 509 g/mol. The maximum atomic E-state index is 13.1. The highest BCUT2D eigenvalue weighted by Gasteiger charge is 2.24. The van der Waals surface area contributed by atoms with Gasteiger partial charge in [-0.15, -0.1) is 0 Å². The van der Waals surface area contributed by atoms with Gasteiger partial charge in [0.2, 0.25) is 0 Å². The molecule has 2 aromatic carbocycles. The van der Waals surface area contributed by atoms with Crippen LogP contribution in [0.1, 0.15) is 33.2 Å². The van der Waals surface area contributed by atoms with Crippen LogP contribution in [-0.4, -0.2) is 39.7 Å². The van der Waals surface area contributed by atoms with Crippen LogP contribution in [-0.2, 0) is 27.1 Å². The van der Waals surface area contributed by atoms with Crippen LogP contribution in [0.4, 0.5) is 0 Å². The number of methoxy groups -OCH3 is 2. The van der Waals surface area contributed by atoms with Crippen LogP contribution in [0.3, 0.4) is 0 Å². The van der Waals surface area contributed by atoms with E-state index in [1.807, 2.05) is 12.1 Å². The van der Waals surface area contributed by atoms with Crippen molar-refractivity contribution in [2.24, 2.45) is 0 Å². The van der Waals surface area contributed by atoms with E-state index in [-0.39, 0.29) is 22.8 Å². The zero-order chi connectivity index (χ0) is 25.7. The van der Waals surface area contributed by atoms with Crippen molar-refractivity contribution in [3.8, 4) is 11.5 Å². The molecule has 1 saturated heterocycles. The molecule has 1 unspecified atom stereocenters. The lowest BCUT2D eigenvalue weighted by Crippen LogP contribution is -2.25. The molecule has 1 aliphatic heterocycles. The minimum atomic E-state index is -0.783. The van der Waals surface area contributed by atoms with Crippen molar-refractivity contribution in [1.29, 1.82) is 0 Å². The molecule has 3 aromatic rings. The standard InChI is InChI=1S/C26H25Cl2NO7/c1-32-22-8-7-18(12-24(22)33-2)23(13-19-20(27)14-29(31)15-21(19)28)36-26(30)17-5-3-16(4-6-17)11-25-34-9-10-35-25/h3-8,12,14-15,23,25H,9-11,13H2,1-2H3. The van der Waals surface area contributed by atoms with Crippen LogP contribution in [0, 0.1) is 5.21 Å². The molecule has 0 aliphatic carbocycles. The second kappa shape index (κ2) is 11.8. The number of rotatable bonds is 9. The zero-order valence-electron chi connectivity index (χ0n) is 19.7. The summed E-state index contributed by atoms with van der Waals surface area (Å²) in [7, 11) is 3.05. The van der Waals surface area contributed by atoms with Crippen molar-refractivity contribution in [1.82, 2.24) is 0 Å². The molecule has 1 aliphatic rings. The van der Waals surface area contributed by atoms with Gasteiger partial charge in [-0.1, -0.05) is 41.4 Å². The van der Waals surface area contributed by atoms with E-state index in [0.29, 0.717) is 52.6 Å². The molecule has 36 heavy (non-hydrogen) atoms. The van der Waals surface area contributed by atoms with Crippen molar-refractivity contribution >= 4 is 29.2 Å². The van der Waals surface area contributed by atoms with Gasteiger partial charge in [0.25, 0.3) is 0 Å². The number of ether oxygens (including phenoxy) is 5. The lowest BCUT2D eigenvalue weighted by atomic mass is 10.0. The maximum Gasteiger partial charge on any atom is 0.338 e. The fourth-order valence-corrected chi connectivity index (χ4v) is 4.48. The van der Waals surface area contributed by atoms with E-state index in [1.165, 1.54) is 26.6 Å². The van der Waals surface area contributed by atoms with E-state index < -0.39 is 12.1 Å². The second-order valence-corrected chi connectivity index (χ2v) is 8.89. The molecule has 0 bridgehead atoms. The normalized spacial score (nSPS) is 14.4. The summed E-state index contributed by atoms with van der Waals surface area (Å²) in [5, 5.41) is 12.0. The smallest absolute Gasteiger partial charge is 0.338 e. The number of halogens is 2. The second-order valence-electron chi connectivity index (χ2n) is 8.08. The quantitative estimate of drug-likeness (QED) is 0.223. The molecule has 1 aromatic heterocycles. The molecule has 8 nitrogen and oxygen atoms in total. The highest BCUT2D eigenvalue weighted by molar-refractivity contribution is 6.35. The van der Waals surface area contributed by atoms with E-state index in [9.17, 15) is 10.0 Å². The van der Waals surface area contributed by atoms with Crippen molar-refractivity contribution in [2.45, 2.75) is 25.2 Å². The first-order chi connectivity index (χ1) is 17.4. The summed E-state index contributed by atoms with van der Waals surface area (Å²) in [5.41, 5.74) is 2.47. The fraction of sp³-hybridized carbons (Fsp3) is 0.308. The molecule has 10 heteroatoms. The van der Waals surface area contributed by atoms with E-state index in [0.717, 1.165) is 5.56 Å². The van der Waals surface area contributed by atoms with Gasteiger partial charge in [0.1, 0.15) is 16.1 Å². The molecule has 2 heterocycles. The van der Waals surface area contributed by atoms with E-state index in [1.54, 1.807) is 30.3 Å². The lowest BCUT2D eigenvalue weighted by Gasteiger charge is -2.21. The van der Waals surface area contributed by atoms with Crippen LogP contribution >= 0.6 is 23.2 Å². The minimum Gasteiger partial charge on any atom is -0.619 e. The highest BCUT2D eigenvalue weighted by Crippen LogP contribution is 2.35. The summed E-state index contributed by atoms with van der Waals surface area (Å²) in [6, 6.07) is 12.3. The molecule has 0 radical (unpaired) electrons. The number of esters is 1. The Morgan fingerprint density at radius 2 is 1.67 bits per heavy atom. The topological polar surface area (TPSA) is 90.2 Å². The number of carbonyl (C=O) groups excluding carboxylic acids is 1. The van der Waals surface area contributed by atoms with Crippen molar-refractivity contribution in [2.75, 3.05) is 27.4 Å². The van der Waals surface area contributed by atoms with Gasteiger partial charge < -0.3 is 28.9 Å². The Balaban J connectivity index is 1.59. The van der Waals surface area contributed by atoms with Crippen LogP contribution in [0.5, 0.6) is 11.5 Å². The maximum absolute atomic E-state index is 13.1. The van der Waals surface area contributed by atoms with Gasteiger partial charge in [-0.05, 0) is 35.4 Å². The summed E-state index contributed by atoms with van der Waals surface area (Å²) in [6.07, 6.45) is 2.07. The van der Waals surface area contributed by atoms with E-state index in [4.69, 9.17) is 46.9 Å². The Bertz CT molecular complexity index is 1190. The lowest BCUT2D eigenvalue weighted by molar-refractivity contribution is -0.605. The summed E-state index contributed by atoms with van der Waals surface area (Å²) < 4.78 is 28.1. The van der Waals surface area contributed by atoms with Crippen molar-refractivity contribution in [3.05, 3.63) is 92.4 Å². The fourth-order valence-electron chi connectivity index (χ4n) is 3.88. The van der Waals surface area contributed by atoms with Gasteiger partial charge in [0.05, 0.1) is 33.0 Å². The number of pyridine rings is 1. The molecule has 4 rings (SSSR count). The van der Waals surface area contributed by atoms with Crippen molar-refractivity contribution < 1.29 is 33.2 Å². The zero-order valence-corrected chi connectivity index (χ0v) is 21.3. The Morgan fingerprint density at radius 3 is 2.28 bits per heavy atom.